The molecule has 0 fully saturated rings. The lowest BCUT2D eigenvalue weighted by atomic mass is 10.2. The molecule has 6 heteroatoms. The largest absolute Gasteiger partial charge is 0.497 e. The summed E-state index contributed by atoms with van der Waals surface area (Å²) in [7, 11) is 3.24. The van der Waals surface area contributed by atoms with E-state index in [0.717, 1.165) is 17.0 Å². The van der Waals surface area contributed by atoms with Gasteiger partial charge in [0.25, 0.3) is 0 Å². The average molecular weight is 362 g/mol. The summed E-state index contributed by atoms with van der Waals surface area (Å²) in [6.45, 7) is 4.34. The van der Waals surface area contributed by atoms with Crippen LogP contribution in [0.4, 0.5) is 17.3 Å². The van der Waals surface area contributed by atoms with E-state index in [2.05, 4.69) is 27.2 Å². The summed E-state index contributed by atoms with van der Waals surface area (Å²) in [5.41, 5.74) is 1.72. The van der Waals surface area contributed by atoms with Crippen molar-refractivity contribution in [2.24, 2.45) is 0 Å². The number of nitrogens with zero attached hydrogens (tertiary/aromatic N) is 2. The van der Waals surface area contributed by atoms with Gasteiger partial charge in [-0.2, -0.15) is 0 Å². The summed E-state index contributed by atoms with van der Waals surface area (Å²) in [5.74, 6) is 3.37. The van der Waals surface area contributed by atoms with Gasteiger partial charge in [-0.1, -0.05) is 36.4 Å². The molecule has 0 bridgehead atoms. The smallest absolute Gasteiger partial charge is 0.163 e. The van der Waals surface area contributed by atoms with Crippen molar-refractivity contribution < 1.29 is 9.47 Å². The summed E-state index contributed by atoms with van der Waals surface area (Å²) in [6.07, 6.45) is 1.78. The van der Waals surface area contributed by atoms with Crippen LogP contribution in [0, 0.1) is 0 Å². The molecule has 0 aliphatic carbocycles. The van der Waals surface area contributed by atoms with Crippen LogP contribution in [-0.2, 0) is 0 Å². The number of nitrogens with one attached hydrogen (secondary N) is 2. The molecule has 0 spiro atoms. The topological polar surface area (TPSA) is 68.3 Å². The summed E-state index contributed by atoms with van der Waals surface area (Å²) in [4.78, 5) is 9.24. The van der Waals surface area contributed by atoms with E-state index in [0.29, 0.717) is 29.8 Å². The Morgan fingerprint density at radius 3 is 2.44 bits per heavy atom. The predicted octanol–water partition coefficient (Wildman–Crippen LogP) is 4.50. The molecule has 0 radical (unpaired) electrons. The van der Waals surface area contributed by atoms with Gasteiger partial charge >= 0.3 is 0 Å². The number of rotatable bonds is 8. The van der Waals surface area contributed by atoms with Crippen LogP contribution in [0.1, 0.15) is 0 Å². The summed E-state index contributed by atoms with van der Waals surface area (Å²) in [6, 6.07) is 17.3. The molecule has 2 N–H and O–H groups in total. The molecule has 0 saturated heterocycles. The SMILES string of the molecule is C=CCNc1cc(Nc2ccc(OC)cc2OC)nc(-c2ccccc2)n1. The summed E-state index contributed by atoms with van der Waals surface area (Å²) >= 11 is 0. The average Bonchev–Trinajstić information content (AvgIpc) is 2.73. The van der Waals surface area contributed by atoms with Crippen molar-refractivity contribution in [3.8, 4) is 22.9 Å². The highest BCUT2D eigenvalue weighted by Gasteiger charge is 2.10. The lowest BCUT2D eigenvalue weighted by molar-refractivity contribution is 0.395. The molecule has 2 aromatic carbocycles. The minimum Gasteiger partial charge on any atom is -0.497 e. The van der Waals surface area contributed by atoms with Crippen LogP contribution in [0.5, 0.6) is 11.5 Å². The maximum absolute atomic E-state index is 5.46. The van der Waals surface area contributed by atoms with Gasteiger partial charge in [0.2, 0.25) is 0 Å². The Kier molecular flexibility index (Phi) is 5.89. The molecular weight excluding hydrogens is 340 g/mol. The molecule has 1 heterocycles. The van der Waals surface area contributed by atoms with Crippen molar-refractivity contribution in [2.45, 2.75) is 0 Å². The maximum atomic E-state index is 5.46. The van der Waals surface area contributed by atoms with Gasteiger partial charge in [0.1, 0.15) is 23.1 Å². The van der Waals surface area contributed by atoms with Gasteiger partial charge in [-0.3, -0.25) is 0 Å². The van der Waals surface area contributed by atoms with Crippen LogP contribution >= 0.6 is 0 Å². The highest BCUT2D eigenvalue weighted by Crippen LogP contribution is 2.32. The zero-order chi connectivity index (χ0) is 19.1. The fourth-order valence-corrected chi connectivity index (χ4v) is 2.53. The van der Waals surface area contributed by atoms with E-state index >= 15 is 0 Å². The second-order valence-electron chi connectivity index (χ2n) is 5.69. The molecule has 0 unspecified atom stereocenters. The Morgan fingerprint density at radius 2 is 1.74 bits per heavy atom. The number of methoxy groups -OCH3 is 2. The van der Waals surface area contributed by atoms with E-state index in [4.69, 9.17) is 9.47 Å². The minimum atomic E-state index is 0.608. The third-order valence-corrected chi connectivity index (χ3v) is 3.86. The summed E-state index contributed by atoms with van der Waals surface area (Å²) < 4.78 is 10.7. The van der Waals surface area contributed by atoms with Crippen molar-refractivity contribution in [2.75, 3.05) is 31.4 Å². The van der Waals surface area contributed by atoms with Crippen molar-refractivity contribution in [1.82, 2.24) is 9.97 Å². The van der Waals surface area contributed by atoms with Crippen LogP contribution in [0.25, 0.3) is 11.4 Å². The van der Waals surface area contributed by atoms with Gasteiger partial charge < -0.3 is 20.1 Å². The van der Waals surface area contributed by atoms with Gasteiger partial charge in [-0.05, 0) is 12.1 Å². The van der Waals surface area contributed by atoms with Crippen molar-refractivity contribution in [1.29, 1.82) is 0 Å². The first kappa shape index (κ1) is 18.3. The van der Waals surface area contributed by atoms with Gasteiger partial charge in [0, 0.05) is 24.2 Å². The van der Waals surface area contributed by atoms with E-state index in [1.165, 1.54) is 0 Å². The zero-order valence-electron chi connectivity index (χ0n) is 15.4. The van der Waals surface area contributed by atoms with Crippen LogP contribution in [-0.4, -0.2) is 30.7 Å². The van der Waals surface area contributed by atoms with E-state index < -0.39 is 0 Å². The minimum absolute atomic E-state index is 0.608. The van der Waals surface area contributed by atoms with Crippen LogP contribution in [0.3, 0.4) is 0 Å². The van der Waals surface area contributed by atoms with Crippen molar-refractivity contribution >= 4 is 17.3 Å². The Hall–Kier alpha value is -3.54. The maximum Gasteiger partial charge on any atom is 0.163 e. The highest BCUT2D eigenvalue weighted by atomic mass is 16.5. The number of hydrogen-bond donors (Lipinski definition) is 2. The number of benzene rings is 2. The van der Waals surface area contributed by atoms with Crippen LogP contribution < -0.4 is 20.1 Å². The first-order valence-electron chi connectivity index (χ1n) is 8.52. The molecule has 3 aromatic rings. The van der Waals surface area contributed by atoms with E-state index in [9.17, 15) is 0 Å². The molecule has 0 saturated carbocycles. The molecule has 3 rings (SSSR count). The zero-order valence-corrected chi connectivity index (χ0v) is 15.4. The molecule has 1 aromatic heterocycles. The van der Waals surface area contributed by atoms with Gasteiger partial charge in [-0.25, -0.2) is 9.97 Å². The van der Waals surface area contributed by atoms with Gasteiger partial charge in [-0.15, -0.1) is 6.58 Å². The predicted molar refractivity (Wildman–Crippen MR) is 109 cm³/mol. The highest BCUT2D eigenvalue weighted by molar-refractivity contribution is 5.69. The van der Waals surface area contributed by atoms with Crippen LogP contribution in [0.15, 0.2) is 67.3 Å². The van der Waals surface area contributed by atoms with E-state index in [1.54, 1.807) is 20.3 Å². The Labute approximate surface area is 158 Å². The molecule has 6 nitrogen and oxygen atoms in total. The van der Waals surface area contributed by atoms with E-state index in [-0.39, 0.29) is 0 Å². The quantitative estimate of drug-likeness (QED) is 0.575. The van der Waals surface area contributed by atoms with Crippen molar-refractivity contribution in [3.05, 3.63) is 67.3 Å². The first-order valence-corrected chi connectivity index (χ1v) is 8.52. The van der Waals surface area contributed by atoms with Crippen LogP contribution in [0.2, 0.25) is 0 Å². The second kappa shape index (κ2) is 8.71. The molecule has 0 atom stereocenters. The third-order valence-electron chi connectivity index (χ3n) is 3.86. The fraction of sp³-hybridized carbons (Fsp3) is 0.143. The van der Waals surface area contributed by atoms with Gasteiger partial charge in [0.15, 0.2) is 5.82 Å². The molecule has 0 aliphatic rings. The number of hydrogen-bond acceptors (Lipinski definition) is 6. The molecule has 0 aliphatic heterocycles. The lowest BCUT2D eigenvalue weighted by Crippen LogP contribution is -2.05. The Balaban J connectivity index is 1.98. The van der Waals surface area contributed by atoms with E-state index in [1.807, 2.05) is 54.6 Å². The second-order valence-corrected chi connectivity index (χ2v) is 5.69. The van der Waals surface area contributed by atoms with Gasteiger partial charge in [0.05, 0.1) is 19.9 Å². The molecule has 0 amide bonds. The number of aromatic nitrogens is 2. The molecule has 138 valence electrons. The first-order chi connectivity index (χ1) is 13.2. The number of anilines is 3. The lowest BCUT2D eigenvalue weighted by Gasteiger charge is -2.14. The third kappa shape index (κ3) is 4.55. The summed E-state index contributed by atoms with van der Waals surface area (Å²) in [5, 5.41) is 6.52. The molecular formula is C21H22N4O2. The fourth-order valence-electron chi connectivity index (χ4n) is 2.53. The Bertz CT molecular complexity index is 913. The Morgan fingerprint density at radius 1 is 0.963 bits per heavy atom. The van der Waals surface area contributed by atoms with Crippen molar-refractivity contribution in [3.63, 3.8) is 0 Å². The monoisotopic (exact) mass is 362 g/mol. The molecule has 27 heavy (non-hydrogen) atoms. The standard InChI is InChI=1S/C21H22N4O2/c1-4-12-22-19-14-20(25-21(24-19)15-8-6-5-7-9-15)23-17-11-10-16(26-2)13-18(17)27-3/h4-11,13-14H,1,12H2,2-3H3,(H2,22,23,24,25). The normalized spacial score (nSPS) is 10.1. The number of ether oxygens (including phenoxy) is 2.